The highest BCUT2D eigenvalue weighted by molar-refractivity contribution is 9.10. The van der Waals surface area contributed by atoms with Crippen LogP contribution in [0.4, 0.5) is 0 Å². The average Bonchev–Trinajstić information content (AvgIpc) is 2.84. The van der Waals surface area contributed by atoms with Crippen LogP contribution < -0.4 is 5.32 Å². The smallest absolute Gasteiger partial charge is 0.152 e. The Kier molecular flexibility index (Phi) is 4.35. The lowest BCUT2D eigenvalue weighted by atomic mass is 9.91. The number of benzene rings is 1. The van der Waals surface area contributed by atoms with E-state index in [0.29, 0.717) is 13.1 Å². The number of halogens is 1. The maximum absolute atomic E-state index is 9.66. The van der Waals surface area contributed by atoms with Gasteiger partial charge < -0.3 is 0 Å². The van der Waals surface area contributed by atoms with E-state index in [1.807, 2.05) is 43.5 Å². The second kappa shape index (κ2) is 6.00. The molecule has 0 spiro atoms. The quantitative estimate of drug-likeness (QED) is 0.922. The molecule has 98 valence electrons. The third-order valence-electron chi connectivity index (χ3n) is 2.94. The minimum atomic E-state index is -0.762. The minimum absolute atomic E-state index is 0.465. The van der Waals surface area contributed by atoms with Crippen molar-refractivity contribution in [2.75, 3.05) is 6.54 Å². The molecule has 0 saturated carbocycles. The van der Waals surface area contributed by atoms with Gasteiger partial charge in [0.15, 0.2) is 5.54 Å². The van der Waals surface area contributed by atoms with Gasteiger partial charge in [-0.1, -0.05) is 37.3 Å². The number of rotatable bonds is 5. The van der Waals surface area contributed by atoms with Crippen molar-refractivity contribution in [3.05, 3.63) is 52.8 Å². The first-order valence-corrected chi connectivity index (χ1v) is 6.89. The van der Waals surface area contributed by atoms with Crippen LogP contribution in [0.3, 0.4) is 0 Å². The Morgan fingerprint density at radius 3 is 2.68 bits per heavy atom. The van der Waals surface area contributed by atoms with Crippen LogP contribution in [0, 0.1) is 11.3 Å². The molecule has 19 heavy (non-hydrogen) atoms. The number of nitriles is 1. The molecule has 0 radical (unpaired) electrons. The highest BCUT2D eigenvalue weighted by atomic mass is 79.9. The maximum atomic E-state index is 9.66. The van der Waals surface area contributed by atoms with Gasteiger partial charge in [-0.25, -0.2) is 0 Å². The van der Waals surface area contributed by atoms with Crippen LogP contribution in [0.5, 0.6) is 0 Å². The van der Waals surface area contributed by atoms with E-state index >= 15 is 0 Å². The van der Waals surface area contributed by atoms with E-state index < -0.39 is 5.54 Å². The number of likely N-dealkylation sites (N-methyl/N-ethyl adjacent to an activating group) is 1. The number of nitrogens with zero attached hydrogens (tertiary/aromatic N) is 3. The van der Waals surface area contributed by atoms with Crippen LogP contribution in [-0.4, -0.2) is 16.3 Å². The van der Waals surface area contributed by atoms with Gasteiger partial charge in [-0.2, -0.15) is 10.4 Å². The van der Waals surface area contributed by atoms with E-state index in [2.05, 4.69) is 32.4 Å². The predicted molar refractivity (Wildman–Crippen MR) is 77.3 cm³/mol. The Balaban J connectivity index is 2.37. The first-order valence-electron chi connectivity index (χ1n) is 6.10. The summed E-state index contributed by atoms with van der Waals surface area (Å²) in [5.74, 6) is 0. The standard InChI is InChI=1S/C14H15BrN4/c1-2-17-14(10-16,12-6-4-3-5-7-12)11-19-9-13(15)8-18-19/h3-9,17H,2,11H2,1H3. The number of hydrogen-bond donors (Lipinski definition) is 1. The van der Waals surface area contributed by atoms with E-state index in [0.717, 1.165) is 10.0 Å². The molecule has 0 amide bonds. The third kappa shape index (κ3) is 3.03. The number of hydrogen-bond acceptors (Lipinski definition) is 3. The number of aromatic nitrogens is 2. The minimum Gasteiger partial charge on any atom is -0.294 e. The largest absolute Gasteiger partial charge is 0.294 e. The van der Waals surface area contributed by atoms with Gasteiger partial charge in [-0.3, -0.25) is 10.00 Å². The summed E-state index contributed by atoms with van der Waals surface area (Å²) in [5, 5.41) is 17.2. The van der Waals surface area contributed by atoms with Crippen LogP contribution in [-0.2, 0) is 12.1 Å². The van der Waals surface area contributed by atoms with Crippen molar-refractivity contribution in [3.8, 4) is 6.07 Å². The van der Waals surface area contributed by atoms with Crippen molar-refractivity contribution in [1.29, 1.82) is 5.26 Å². The summed E-state index contributed by atoms with van der Waals surface area (Å²) in [7, 11) is 0. The fourth-order valence-corrected chi connectivity index (χ4v) is 2.41. The van der Waals surface area contributed by atoms with Crippen LogP contribution in [0.15, 0.2) is 47.2 Å². The first kappa shape index (κ1) is 13.8. The molecule has 0 aliphatic rings. The van der Waals surface area contributed by atoms with E-state index in [4.69, 9.17) is 0 Å². The second-order valence-electron chi connectivity index (χ2n) is 4.27. The van der Waals surface area contributed by atoms with Crippen molar-refractivity contribution in [2.24, 2.45) is 0 Å². The highest BCUT2D eigenvalue weighted by Gasteiger charge is 2.32. The topological polar surface area (TPSA) is 53.6 Å². The zero-order chi connectivity index (χ0) is 13.7. The van der Waals surface area contributed by atoms with E-state index in [1.54, 1.807) is 10.9 Å². The lowest BCUT2D eigenvalue weighted by molar-refractivity contribution is 0.359. The molecule has 1 unspecified atom stereocenters. The Morgan fingerprint density at radius 1 is 1.42 bits per heavy atom. The first-order chi connectivity index (χ1) is 9.20. The molecule has 2 aromatic rings. The Bertz CT molecular complexity index is 573. The Labute approximate surface area is 121 Å². The zero-order valence-electron chi connectivity index (χ0n) is 10.7. The molecule has 1 atom stereocenters. The van der Waals surface area contributed by atoms with Gasteiger partial charge in [-0.05, 0) is 28.0 Å². The number of nitrogens with one attached hydrogen (secondary N) is 1. The lowest BCUT2D eigenvalue weighted by Crippen LogP contribution is -2.44. The van der Waals surface area contributed by atoms with Gasteiger partial charge in [0.2, 0.25) is 0 Å². The van der Waals surface area contributed by atoms with E-state index in [-0.39, 0.29) is 0 Å². The molecule has 0 saturated heterocycles. The molecular weight excluding hydrogens is 304 g/mol. The predicted octanol–water partition coefficient (Wildman–Crippen LogP) is 2.67. The summed E-state index contributed by atoms with van der Waals surface area (Å²) in [6.45, 7) is 3.17. The van der Waals surface area contributed by atoms with Crippen molar-refractivity contribution >= 4 is 15.9 Å². The van der Waals surface area contributed by atoms with E-state index in [9.17, 15) is 5.26 Å². The van der Waals surface area contributed by atoms with Crippen LogP contribution in [0.1, 0.15) is 12.5 Å². The molecule has 1 aromatic carbocycles. The molecule has 5 heteroatoms. The molecular formula is C14H15BrN4. The summed E-state index contributed by atoms with van der Waals surface area (Å²) in [4.78, 5) is 0. The molecule has 1 aromatic heterocycles. The molecule has 2 rings (SSSR count). The molecule has 0 bridgehead atoms. The average molecular weight is 319 g/mol. The summed E-state index contributed by atoms with van der Waals surface area (Å²) in [6, 6.07) is 12.2. The molecule has 4 nitrogen and oxygen atoms in total. The van der Waals surface area contributed by atoms with Crippen molar-refractivity contribution in [3.63, 3.8) is 0 Å². The van der Waals surface area contributed by atoms with Gasteiger partial charge in [0.05, 0.1) is 23.3 Å². The van der Waals surface area contributed by atoms with Crippen molar-refractivity contribution < 1.29 is 0 Å². The highest BCUT2D eigenvalue weighted by Crippen LogP contribution is 2.23. The molecule has 0 aliphatic heterocycles. The molecule has 1 N–H and O–H groups in total. The fraction of sp³-hybridized carbons (Fsp3) is 0.286. The SMILES string of the molecule is CCNC(C#N)(Cn1cc(Br)cn1)c1ccccc1. The van der Waals surface area contributed by atoms with Gasteiger partial charge in [-0.15, -0.1) is 0 Å². The van der Waals surface area contributed by atoms with Crippen LogP contribution in [0.2, 0.25) is 0 Å². The summed E-state index contributed by atoms with van der Waals surface area (Å²) in [5.41, 5.74) is 0.188. The summed E-state index contributed by atoms with van der Waals surface area (Å²) in [6.07, 6.45) is 3.59. The summed E-state index contributed by atoms with van der Waals surface area (Å²) < 4.78 is 2.67. The maximum Gasteiger partial charge on any atom is 0.152 e. The van der Waals surface area contributed by atoms with Gasteiger partial charge in [0.25, 0.3) is 0 Å². The van der Waals surface area contributed by atoms with Crippen molar-refractivity contribution in [2.45, 2.75) is 19.0 Å². The van der Waals surface area contributed by atoms with Gasteiger partial charge >= 0.3 is 0 Å². The molecule has 0 fully saturated rings. The third-order valence-corrected chi connectivity index (χ3v) is 3.35. The van der Waals surface area contributed by atoms with Crippen molar-refractivity contribution in [1.82, 2.24) is 15.1 Å². The van der Waals surface area contributed by atoms with Gasteiger partial charge in [0.1, 0.15) is 0 Å². The molecule has 1 heterocycles. The monoisotopic (exact) mass is 318 g/mol. The zero-order valence-corrected chi connectivity index (χ0v) is 12.3. The summed E-state index contributed by atoms with van der Waals surface area (Å²) >= 11 is 3.37. The molecule has 0 aliphatic carbocycles. The van der Waals surface area contributed by atoms with Gasteiger partial charge in [0, 0.05) is 6.20 Å². The fourth-order valence-electron chi connectivity index (χ4n) is 2.08. The second-order valence-corrected chi connectivity index (χ2v) is 5.19. The normalized spacial score (nSPS) is 13.7. The Hall–Kier alpha value is -1.64. The lowest BCUT2D eigenvalue weighted by Gasteiger charge is -2.28. The van der Waals surface area contributed by atoms with E-state index in [1.165, 1.54) is 0 Å². The Morgan fingerprint density at radius 2 is 2.16 bits per heavy atom. The van der Waals surface area contributed by atoms with Crippen LogP contribution in [0.25, 0.3) is 0 Å². The van der Waals surface area contributed by atoms with Crippen LogP contribution >= 0.6 is 15.9 Å².